The fraction of sp³-hybridized carbons (Fsp3) is 0.127. The smallest absolute Gasteiger partial charge is 0.0468 e. The zero-order chi connectivity index (χ0) is 37.1. The Morgan fingerprint density at radius 2 is 0.768 bits per heavy atom. The van der Waals surface area contributed by atoms with Gasteiger partial charge >= 0.3 is 0 Å². The molecule has 56 heavy (non-hydrogen) atoms. The molecule has 0 amide bonds. The molecule has 268 valence electrons. The van der Waals surface area contributed by atoms with E-state index in [4.69, 9.17) is 0 Å². The topological polar surface area (TPSA) is 3.24 Å². The van der Waals surface area contributed by atoms with Crippen molar-refractivity contribution in [1.82, 2.24) is 0 Å². The highest BCUT2D eigenvalue weighted by atomic mass is 15.1. The van der Waals surface area contributed by atoms with Crippen molar-refractivity contribution in [2.24, 2.45) is 11.8 Å². The van der Waals surface area contributed by atoms with Crippen LogP contribution in [0.15, 0.2) is 200 Å². The first-order valence-corrected chi connectivity index (χ1v) is 20.3. The number of fused-ring (bicyclic) bond motifs is 8. The van der Waals surface area contributed by atoms with E-state index in [1.54, 1.807) is 11.1 Å². The van der Waals surface area contributed by atoms with E-state index in [0.717, 1.165) is 23.2 Å². The van der Waals surface area contributed by atoms with Gasteiger partial charge in [-0.1, -0.05) is 170 Å². The molecular formula is C55H43N. The minimum Gasteiger partial charge on any atom is -0.310 e. The minimum absolute atomic E-state index is 0.174. The molecule has 1 spiro atoms. The van der Waals surface area contributed by atoms with Crippen molar-refractivity contribution in [2.45, 2.75) is 31.1 Å². The molecule has 0 saturated heterocycles. The predicted molar refractivity (Wildman–Crippen MR) is 235 cm³/mol. The molecule has 3 aliphatic carbocycles. The highest BCUT2D eigenvalue weighted by Gasteiger charge is 2.56. The van der Waals surface area contributed by atoms with E-state index in [2.05, 4.69) is 205 Å². The second-order valence-corrected chi connectivity index (χ2v) is 16.1. The fourth-order valence-corrected chi connectivity index (χ4v) is 10.5. The third kappa shape index (κ3) is 5.45. The van der Waals surface area contributed by atoms with Crippen LogP contribution < -0.4 is 4.90 Å². The van der Waals surface area contributed by atoms with Gasteiger partial charge in [-0.15, -0.1) is 0 Å². The minimum atomic E-state index is 0.174. The van der Waals surface area contributed by atoms with Gasteiger partial charge in [-0.05, 0) is 134 Å². The summed E-state index contributed by atoms with van der Waals surface area (Å²) in [6.45, 7) is 0. The van der Waals surface area contributed by atoms with Gasteiger partial charge in [0.25, 0.3) is 0 Å². The van der Waals surface area contributed by atoms with Crippen LogP contribution in [-0.2, 0) is 5.41 Å². The average molecular weight is 718 g/mol. The van der Waals surface area contributed by atoms with Crippen molar-refractivity contribution in [1.29, 1.82) is 0 Å². The van der Waals surface area contributed by atoms with Crippen molar-refractivity contribution < 1.29 is 0 Å². The molecule has 8 aromatic carbocycles. The van der Waals surface area contributed by atoms with Crippen LogP contribution in [-0.4, -0.2) is 0 Å². The highest BCUT2D eigenvalue weighted by molar-refractivity contribution is 5.88. The summed E-state index contributed by atoms with van der Waals surface area (Å²) >= 11 is 0. The maximum atomic E-state index is 2.49. The van der Waals surface area contributed by atoms with Gasteiger partial charge in [0, 0.05) is 22.5 Å². The lowest BCUT2D eigenvalue weighted by molar-refractivity contribution is 0.327. The Morgan fingerprint density at radius 3 is 1.23 bits per heavy atom. The van der Waals surface area contributed by atoms with E-state index >= 15 is 0 Å². The van der Waals surface area contributed by atoms with Gasteiger partial charge in [0.15, 0.2) is 0 Å². The molecule has 1 nitrogen and oxygen atoms in total. The lowest BCUT2D eigenvalue weighted by atomic mass is 9.67. The molecule has 1 heteroatoms. The quantitative estimate of drug-likeness (QED) is 0.159. The van der Waals surface area contributed by atoms with Crippen molar-refractivity contribution in [3.8, 4) is 55.6 Å². The summed E-state index contributed by atoms with van der Waals surface area (Å²) in [7, 11) is 0. The number of hydrogen-bond acceptors (Lipinski definition) is 1. The monoisotopic (exact) mass is 717 g/mol. The molecule has 0 unspecified atom stereocenters. The maximum absolute atomic E-state index is 2.49. The first kappa shape index (κ1) is 32.9. The van der Waals surface area contributed by atoms with E-state index in [1.807, 2.05) is 0 Å². The molecule has 3 atom stereocenters. The lowest BCUT2D eigenvalue weighted by Crippen LogP contribution is -2.31. The van der Waals surface area contributed by atoms with E-state index in [1.165, 1.54) is 87.0 Å². The highest BCUT2D eigenvalue weighted by Crippen LogP contribution is 2.66. The van der Waals surface area contributed by atoms with Crippen molar-refractivity contribution in [3.05, 3.63) is 211 Å². The van der Waals surface area contributed by atoms with Gasteiger partial charge in [-0.2, -0.15) is 0 Å². The van der Waals surface area contributed by atoms with E-state index in [-0.39, 0.29) is 5.41 Å². The summed E-state index contributed by atoms with van der Waals surface area (Å²) in [5.74, 6) is 1.61. The number of nitrogens with zero attached hydrogens (tertiary/aromatic N) is 1. The van der Waals surface area contributed by atoms with Crippen LogP contribution in [0.2, 0.25) is 0 Å². The zero-order valence-electron chi connectivity index (χ0n) is 31.5. The van der Waals surface area contributed by atoms with Gasteiger partial charge in [-0.25, -0.2) is 0 Å². The van der Waals surface area contributed by atoms with Crippen LogP contribution in [0.1, 0.15) is 36.8 Å². The Morgan fingerprint density at radius 1 is 0.357 bits per heavy atom. The molecule has 0 heterocycles. The molecule has 0 radical (unpaired) electrons. The zero-order valence-corrected chi connectivity index (χ0v) is 31.5. The second kappa shape index (κ2) is 13.4. The van der Waals surface area contributed by atoms with Gasteiger partial charge in [0.05, 0.1) is 0 Å². The molecule has 2 fully saturated rings. The standard InChI is InChI=1S/C55H43N/c1-3-9-39(10-4-1)41-16-20-43(21-17-41)45-24-29-48(30-25-45)56(49-31-26-46(27-32-49)44-22-18-42(19-23-44)40-11-5-2-6-12-40)50-33-34-54-52(36-50)51-13-7-8-14-53(51)55(54)37-38-15-28-47(55)35-38/h1-14,16-27,29-34,36,38,47H,15,28,35,37H2/t38-,47+,55-/m0/s1. The Labute approximate surface area is 330 Å². The largest absolute Gasteiger partial charge is 0.310 e. The molecule has 0 aromatic heterocycles. The van der Waals surface area contributed by atoms with Crippen LogP contribution in [0.3, 0.4) is 0 Å². The van der Waals surface area contributed by atoms with E-state index < -0.39 is 0 Å². The molecule has 0 N–H and O–H groups in total. The number of rotatable bonds is 7. The normalized spacial score (nSPS) is 18.9. The van der Waals surface area contributed by atoms with E-state index in [0.29, 0.717) is 0 Å². The average Bonchev–Trinajstić information content (AvgIpc) is 3.98. The molecule has 2 bridgehead atoms. The summed E-state index contributed by atoms with van der Waals surface area (Å²) in [5, 5.41) is 0. The summed E-state index contributed by atoms with van der Waals surface area (Å²) in [6.07, 6.45) is 5.43. The molecule has 2 saturated carbocycles. The third-order valence-corrected chi connectivity index (χ3v) is 13.2. The third-order valence-electron chi connectivity index (χ3n) is 13.2. The Hall–Kier alpha value is -6.44. The van der Waals surface area contributed by atoms with Crippen LogP contribution in [0.5, 0.6) is 0 Å². The van der Waals surface area contributed by atoms with Gasteiger partial charge in [0.2, 0.25) is 0 Å². The lowest BCUT2D eigenvalue weighted by Gasteiger charge is -2.36. The fourth-order valence-electron chi connectivity index (χ4n) is 10.5. The number of anilines is 3. The van der Waals surface area contributed by atoms with Gasteiger partial charge in [0.1, 0.15) is 0 Å². The number of benzene rings is 8. The SMILES string of the molecule is c1ccc(-c2ccc(-c3ccc(N(c4ccc(-c5ccc(-c6ccccc6)cc5)cc4)c4ccc5c(c4)-c4ccccc4[C@@]54C[C@H]5CC[C@@H]4C5)cc3)cc2)cc1. The Kier molecular flexibility index (Phi) is 7.88. The summed E-state index contributed by atoms with van der Waals surface area (Å²) < 4.78 is 0. The second-order valence-electron chi connectivity index (χ2n) is 16.1. The molecule has 3 aliphatic rings. The van der Waals surface area contributed by atoms with Crippen LogP contribution >= 0.6 is 0 Å². The summed E-state index contributed by atoms with van der Waals surface area (Å²) in [6, 6.07) is 74.0. The first-order valence-electron chi connectivity index (χ1n) is 20.3. The summed E-state index contributed by atoms with van der Waals surface area (Å²) in [4.78, 5) is 2.44. The van der Waals surface area contributed by atoms with Gasteiger partial charge < -0.3 is 4.90 Å². The van der Waals surface area contributed by atoms with Crippen LogP contribution in [0, 0.1) is 11.8 Å². The number of hydrogen-bond donors (Lipinski definition) is 0. The molecule has 0 aliphatic heterocycles. The van der Waals surface area contributed by atoms with Crippen LogP contribution in [0.4, 0.5) is 17.1 Å². The maximum Gasteiger partial charge on any atom is 0.0468 e. The Bertz CT molecular complexity index is 2530. The first-order chi connectivity index (χ1) is 27.7. The van der Waals surface area contributed by atoms with Crippen molar-refractivity contribution >= 4 is 17.1 Å². The van der Waals surface area contributed by atoms with Crippen molar-refractivity contribution in [2.75, 3.05) is 4.90 Å². The Balaban J connectivity index is 0.971. The van der Waals surface area contributed by atoms with Crippen LogP contribution in [0.25, 0.3) is 55.6 Å². The molecule has 11 rings (SSSR count). The van der Waals surface area contributed by atoms with E-state index in [9.17, 15) is 0 Å². The van der Waals surface area contributed by atoms with Gasteiger partial charge in [-0.3, -0.25) is 0 Å². The summed E-state index contributed by atoms with van der Waals surface area (Å²) in [5.41, 5.74) is 19.4. The molecular weight excluding hydrogens is 675 g/mol. The molecule has 8 aromatic rings. The van der Waals surface area contributed by atoms with Crippen molar-refractivity contribution in [3.63, 3.8) is 0 Å². The predicted octanol–water partition coefficient (Wildman–Crippen LogP) is 14.9.